The molecule has 53 heavy (non-hydrogen) atoms. The molecular formula is C49H79NO3. The van der Waals surface area contributed by atoms with Crippen LogP contribution in [-0.4, -0.2) is 34.9 Å². The Morgan fingerprint density at radius 2 is 0.830 bits per heavy atom. The second-order valence-electron chi connectivity index (χ2n) is 13.7. The Labute approximate surface area is 327 Å². The van der Waals surface area contributed by atoms with E-state index in [1.807, 2.05) is 6.08 Å². The minimum atomic E-state index is -0.870. The molecule has 0 rings (SSSR count). The van der Waals surface area contributed by atoms with E-state index >= 15 is 0 Å². The Balaban J connectivity index is 3.80. The summed E-state index contributed by atoms with van der Waals surface area (Å²) in [6, 6.07) is -0.660. The molecule has 0 fully saturated rings. The van der Waals surface area contributed by atoms with E-state index in [1.165, 1.54) is 57.8 Å². The van der Waals surface area contributed by atoms with Gasteiger partial charge in [0.05, 0.1) is 18.8 Å². The second kappa shape index (κ2) is 43.2. The van der Waals surface area contributed by atoms with Gasteiger partial charge in [0.25, 0.3) is 0 Å². The third-order valence-corrected chi connectivity index (χ3v) is 8.70. The number of unbranched alkanes of at least 4 members (excludes halogenated alkanes) is 11. The molecule has 2 atom stereocenters. The van der Waals surface area contributed by atoms with E-state index in [4.69, 9.17) is 0 Å². The highest BCUT2D eigenvalue weighted by Gasteiger charge is 2.17. The van der Waals surface area contributed by atoms with Crippen molar-refractivity contribution in [3.8, 4) is 0 Å². The maximum atomic E-state index is 12.3. The van der Waals surface area contributed by atoms with Crippen molar-refractivity contribution < 1.29 is 15.0 Å². The topological polar surface area (TPSA) is 69.6 Å². The SMILES string of the molecule is CC/C=C\C/C=C\C/C=C\C/C=C\C/C=C\C/C=C\C/C=C\C/C=C\C/C=C\CCCC(=O)NC(CO)C(O)/C=C/CCCCCCCCCCCC. The minimum absolute atomic E-state index is 0.129. The van der Waals surface area contributed by atoms with Crippen LogP contribution in [0.2, 0.25) is 0 Å². The highest BCUT2D eigenvalue weighted by atomic mass is 16.3. The number of hydrogen-bond donors (Lipinski definition) is 3. The average molecular weight is 730 g/mol. The first-order chi connectivity index (χ1) is 26.2. The zero-order valence-electron chi connectivity index (χ0n) is 34.0. The van der Waals surface area contributed by atoms with Gasteiger partial charge in [-0.1, -0.05) is 193 Å². The predicted octanol–water partition coefficient (Wildman–Crippen LogP) is 13.4. The van der Waals surface area contributed by atoms with Crippen LogP contribution in [0.15, 0.2) is 122 Å². The van der Waals surface area contributed by atoms with Gasteiger partial charge in [-0.15, -0.1) is 0 Å². The van der Waals surface area contributed by atoms with E-state index in [0.717, 1.165) is 83.5 Å². The molecule has 3 N–H and O–H groups in total. The number of aliphatic hydroxyl groups excluding tert-OH is 2. The number of hydrogen-bond acceptors (Lipinski definition) is 3. The molecule has 0 saturated carbocycles. The predicted molar refractivity (Wildman–Crippen MR) is 234 cm³/mol. The Hall–Kier alpha value is -3.21. The number of rotatable bonds is 36. The summed E-state index contributed by atoms with van der Waals surface area (Å²) in [5.41, 5.74) is 0. The van der Waals surface area contributed by atoms with Crippen LogP contribution in [0.4, 0.5) is 0 Å². The van der Waals surface area contributed by atoms with Crippen molar-refractivity contribution in [2.45, 2.75) is 174 Å². The molecule has 0 aliphatic rings. The van der Waals surface area contributed by atoms with Crippen LogP contribution in [0.3, 0.4) is 0 Å². The van der Waals surface area contributed by atoms with Crippen molar-refractivity contribution in [3.05, 3.63) is 122 Å². The van der Waals surface area contributed by atoms with Crippen molar-refractivity contribution in [3.63, 3.8) is 0 Å². The molecule has 0 aromatic heterocycles. The fourth-order valence-electron chi connectivity index (χ4n) is 5.47. The Morgan fingerprint density at radius 1 is 0.472 bits per heavy atom. The zero-order valence-corrected chi connectivity index (χ0v) is 34.0. The highest BCUT2D eigenvalue weighted by molar-refractivity contribution is 5.76. The Bertz CT molecular complexity index is 1100. The lowest BCUT2D eigenvalue weighted by molar-refractivity contribution is -0.122. The normalized spacial score (nSPS) is 14.3. The lowest BCUT2D eigenvalue weighted by Crippen LogP contribution is -2.45. The molecule has 1 amide bonds. The lowest BCUT2D eigenvalue weighted by atomic mass is 10.1. The number of carbonyl (C=O) groups is 1. The second-order valence-corrected chi connectivity index (χ2v) is 13.7. The molecule has 4 nitrogen and oxygen atoms in total. The standard InChI is InChI=1S/C49H79NO3/c1-3-5-7-9-11-13-15-17-18-19-20-21-22-23-24-25-26-27-28-29-30-31-32-33-35-37-39-41-43-45-49(53)50-47(46-51)48(52)44-42-40-38-36-34-16-14-12-10-8-6-4-2/h5,7,11,13,17-18,20-21,23-24,26-27,29-30,32-33,37,39,42,44,47-48,51-52H,3-4,6,8-10,12,14-16,19,22,25,28,31,34-36,38,40-41,43,45-46H2,1-2H3,(H,50,53)/b7-5-,13-11-,18-17-,21-20-,24-23-,27-26-,30-29-,33-32-,39-37-,44-42+. The molecule has 0 aliphatic carbocycles. The largest absolute Gasteiger partial charge is 0.394 e. The van der Waals surface area contributed by atoms with Gasteiger partial charge in [0.2, 0.25) is 5.91 Å². The van der Waals surface area contributed by atoms with Crippen LogP contribution in [0.25, 0.3) is 0 Å². The van der Waals surface area contributed by atoms with Gasteiger partial charge in [0, 0.05) is 6.42 Å². The van der Waals surface area contributed by atoms with Gasteiger partial charge in [-0.25, -0.2) is 0 Å². The van der Waals surface area contributed by atoms with E-state index in [0.29, 0.717) is 6.42 Å². The van der Waals surface area contributed by atoms with E-state index in [-0.39, 0.29) is 12.5 Å². The number of aliphatic hydroxyl groups is 2. The van der Waals surface area contributed by atoms with Gasteiger partial charge < -0.3 is 15.5 Å². The summed E-state index contributed by atoms with van der Waals surface area (Å²) in [7, 11) is 0. The maximum Gasteiger partial charge on any atom is 0.220 e. The fourth-order valence-corrected chi connectivity index (χ4v) is 5.47. The van der Waals surface area contributed by atoms with Crippen LogP contribution < -0.4 is 5.32 Å². The quantitative estimate of drug-likeness (QED) is 0.0444. The highest BCUT2D eigenvalue weighted by Crippen LogP contribution is 2.12. The summed E-state index contributed by atoms with van der Waals surface area (Å²) in [4.78, 5) is 12.3. The maximum absolute atomic E-state index is 12.3. The molecular weight excluding hydrogens is 651 g/mol. The average Bonchev–Trinajstić information content (AvgIpc) is 3.16. The lowest BCUT2D eigenvalue weighted by Gasteiger charge is -2.19. The number of carbonyl (C=O) groups excluding carboxylic acids is 1. The van der Waals surface area contributed by atoms with E-state index in [1.54, 1.807) is 6.08 Å². The minimum Gasteiger partial charge on any atom is -0.394 e. The van der Waals surface area contributed by atoms with Crippen LogP contribution in [0, 0.1) is 0 Å². The third-order valence-electron chi connectivity index (χ3n) is 8.70. The Kier molecular flexibility index (Phi) is 40.6. The molecule has 0 radical (unpaired) electrons. The van der Waals surface area contributed by atoms with Gasteiger partial charge in [-0.2, -0.15) is 0 Å². The first-order valence-electron chi connectivity index (χ1n) is 21.2. The molecule has 4 heteroatoms. The van der Waals surface area contributed by atoms with Crippen LogP contribution in [-0.2, 0) is 4.79 Å². The molecule has 0 heterocycles. The smallest absolute Gasteiger partial charge is 0.220 e. The van der Waals surface area contributed by atoms with Gasteiger partial charge in [-0.3, -0.25) is 4.79 Å². The number of allylic oxidation sites excluding steroid dienone is 19. The van der Waals surface area contributed by atoms with Crippen LogP contribution >= 0.6 is 0 Å². The molecule has 0 aromatic rings. The van der Waals surface area contributed by atoms with Gasteiger partial charge in [0.15, 0.2) is 0 Å². The molecule has 0 aromatic carbocycles. The zero-order chi connectivity index (χ0) is 38.6. The van der Waals surface area contributed by atoms with Gasteiger partial charge in [0.1, 0.15) is 0 Å². The van der Waals surface area contributed by atoms with Crippen molar-refractivity contribution in [1.29, 1.82) is 0 Å². The van der Waals surface area contributed by atoms with Crippen molar-refractivity contribution in [2.24, 2.45) is 0 Å². The molecule has 298 valence electrons. The third kappa shape index (κ3) is 39.8. The fraction of sp³-hybridized carbons (Fsp3) is 0.571. The van der Waals surface area contributed by atoms with Crippen molar-refractivity contribution >= 4 is 5.91 Å². The summed E-state index contributed by atoms with van der Waals surface area (Å²) in [6.07, 6.45) is 67.3. The molecule has 0 aliphatic heterocycles. The molecule has 0 saturated heterocycles. The van der Waals surface area contributed by atoms with E-state index in [9.17, 15) is 15.0 Å². The number of amides is 1. The summed E-state index contributed by atoms with van der Waals surface area (Å²) in [5.74, 6) is -0.129. The summed E-state index contributed by atoms with van der Waals surface area (Å²) >= 11 is 0. The summed E-state index contributed by atoms with van der Waals surface area (Å²) in [6.45, 7) is 4.14. The van der Waals surface area contributed by atoms with E-state index in [2.05, 4.69) is 129 Å². The molecule has 2 unspecified atom stereocenters. The van der Waals surface area contributed by atoms with Gasteiger partial charge in [-0.05, 0) is 83.5 Å². The summed E-state index contributed by atoms with van der Waals surface area (Å²) < 4.78 is 0. The van der Waals surface area contributed by atoms with Crippen LogP contribution in [0.1, 0.15) is 162 Å². The van der Waals surface area contributed by atoms with Crippen molar-refractivity contribution in [2.75, 3.05) is 6.61 Å². The first kappa shape index (κ1) is 49.8. The summed E-state index contributed by atoms with van der Waals surface area (Å²) in [5, 5.41) is 22.9. The number of nitrogens with one attached hydrogen (secondary N) is 1. The monoisotopic (exact) mass is 730 g/mol. The van der Waals surface area contributed by atoms with Gasteiger partial charge >= 0.3 is 0 Å². The molecule has 0 bridgehead atoms. The van der Waals surface area contributed by atoms with Crippen LogP contribution in [0.5, 0.6) is 0 Å². The Morgan fingerprint density at radius 3 is 1.23 bits per heavy atom. The van der Waals surface area contributed by atoms with Crippen molar-refractivity contribution in [1.82, 2.24) is 5.32 Å². The first-order valence-corrected chi connectivity index (χ1v) is 21.2. The molecule has 0 spiro atoms. The van der Waals surface area contributed by atoms with E-state index < -0.39 is 12.1 Å².